The molecule has 2 aromatic rings. The lowest BCUT2D eigenvalue weighted by molar-refractivity contribution is 0.0695. The Balaban J connectivity index is 1.59. The van der Waals surface area contributed by atoms with E-state index in [0.29, 0.717) is 41.6 Å². The quantitative estimate of drug-likeness (QED) is 0.741. The fourth-order valence-corrected chi connectivity index (χ4v) is 6.13. The monoisotopic (exact) mass is 438 g/mol. The van der Waals surface area contributed by atoms with Crippen molar-refractivity contribution in [1.82, 2.24) is 4.57 Å². The SMILES string of the molecule is Cc1c(N2CC3CCC(C(N)CC#N)C3C2)c(F)cc2c(=O)c(C(=O)O)cn(C3CC3)c12. The number of rotatable bonds is 5. The van der Waals surface area contributed by atoms with Crippen LogP contribution in [-0.4, -0.2) is 34.8 Å². The molecule has 1 saturated heterocycles. The van der Waals surface area contributed by atoms with E-state index in [1.807, 2.05) is 11.5 Å². The van der Waals surface area contributed by atoms with Gasteiger partial charge in [-0.1, -0.05) is 0 Å². The molecule has 8 heteroatoms. The van der Waals surface area contributed by atoms with Crippen molar-refractivity contribution in [3.8, 4) is 6.07 Å². The maximum absolute atomic E-state index is 15.4. The smallest absolute Gasteiger partial charge is 0.341 e. The first-order valence-electron chi connectivity index (χ1n) is 11.3. The Hall–Kier alpha value is -2.92. The normalized spacial score (nSPS) is 25.7. The van der Waals surface area contributed by atoms with E-state index < -0.39 is 17.2 Å². The minimum absolute atomic E-state index is 0.129. The Kier molecular flexibility index (Phi) is 4.97. The lowest BCUT2D eigenvalue weighted by Gasteiger charge is -2.27. The molecule has 3 aliphatic rings. The lowest BCUT2D eigenvalue weighted by atomic mass is 9.86. The van der Waals surface area contributed by atoms with Crippen LogP contribution < -0.4 is 16.1 Å². The van der Waals surface area contributed by atoms with Crippen molar-refractivity contribution in [2.75, 3.05) is 18.0 Å². The molecule has 168 valence electrons. The van der Waals surface area contributed by atoms with Gasteiger partial charge in [-0.2, -0.15) is 5.26 Å². The molecule has 2 heterocycles. The van der Waals surface area contributed by atoms with Crippen molar-refractivity contribution >= 4 is 22.6 Å². The number of nitriles is 1. The second-order valence-corrected chi connectivity index (χ2v) is 9.64. The van der Waals surface area contributed by atoms with Crippen LogP contribution in [0.15, 0.2) is 17.1 Å². The summed E-state index contributed by atoms with van der Waals surface area (Å²) in [5.74, 6) is -0.779. The maximum atomic E-state index is 15.4. The van der Waals surface area contributed by atoms with Gasteiger partial charge >= 0.3 is 5.97 Å². The zero-order valence-electron chi connectivity index (χ0n) is 18.1. The van der Waals surface area contributed by atoms with E-state index in [2.05, 4.69) is 11.0 Å². The number of carboxylic acids is 1. The third-order valence-electron chi connectivity index (χ3n) is 7.75. The van der Waals surface area contributed by atoms with Crippen LogP contribution in [0.3, 0.4) is 0 Å². The number of halogens is 1. The van der Waals surface area contributed by atoms with E-state index in [1.165, 1.54) is 12.3 Å². The number of carbonyl (C=O) groups is 1. The zero-order chi connectivity index (χ0) is 22.7. The Labute approximate surface area is 185 Å². The molecule has 3 N–H and O–H groups in total. The number of pyridine rings is 1. The molecule has 4 atom stereocenters. The predicted octanol–water partition coefficient (Wildman–Crippen LogP) is 3.19. The van der Waals surface area contributed by atoms with Gasteiger partial charge in [0.05, 0.1) is 23.7 Å². The van der Waals surface area contributed by atoms with Gasteiger partial charge in [0.25, 0.3) is 0 Å². The highest BCUT2D eigenvalue weighted by Gasteiger charge is 2.45. The van der Waals surface area contributed by atoms with E-state index in [1.54, 1.807) is 0 Å². The Morgan fingerprint density at radius 2 is 2.09 bits per heavy atom. The first kappa shape index (κ1) is 21.0. The van der Waals surface area contributed by atoms with Crippen LogP contribution in [0.4, 0.5) is 10.1 Å². The van der Waals surface area contributed by atoms with Crippen molar-refractivity contribution in [3.05, 3.63) is 39.4 Å². The number of fused-ring (bicyclic) bond motifs is 2. The minimum atomic E-state index is -1.29. The molecular formula is C24H27FN4O3. The summed E-state index contributed by atoms with van der Waals surface area (Å²) in [6.45, 7) is 3.23. The van der Waals surface area contributed by atoms with Gasteiger partial charge in [0.15, 0.2) is 0 Å². The number of aromatic carboxylic acids is 1. The fourth-order valence-electron chi connectivity index (χ4n) is 6.13. The van der Waals surface area contributed by atoms with Crippen molar-refractivity contribution in [3.63, 3.8) is 0 Å². The average molecular weight is 439 g/mol. The van der Waals surface area contributed by atoms with Gasteiger partial charge in [-0.05, 0) is 62.0 Å². The molecule has 1 aromatic heterocycles. The number of carboxylic acid groups (broad SMARTS) is 1. The second kappa shape index (κ2) is 7.59. The fraction of sp³-hybridized carbons (Fsp3) is 0.542. The summed E-state index contributed by atoms with van der Waals surface area (Å²) in [7, 11) is 0. The molecule has 0 spiro atoms. The summed E-state index contributed by atoms with van der Waals surface area (Å²) >= 11 is 0. The van der Waals surface area contributed by atoms with Crippen molar-refractivity contribution < 1.29 is 14.3 Å². The van der Waals surface area contributed by atoms with Crippen molar-refractivity contribution in [2.24, 2.45) is 23.5 Å². The minimum Gasteiger partial charge on any atom is -0.477 e. The van der Waals surface area contributed by atoms with Crippen LogP contribution in [0.1, 0.15) is 54.1 Å². The molecule has 2 saturated carbocycles. The summed E-state index contributed by atoms with van der Waals surface area (Å²) in [6.07, 6.45) is 5.61. The summed E-state index contributed by atoms with van der Waals surface area (Å²) in [5.41, 5.74) is 7.13. The molecule has 0 bridgehead atoms. The molecule has 5 rings (SSSR count). The molecule has 3 fully saturated rings. The summed E-state index contributed by atoms with van der Waals surface area (Å²) in [5, 5.41) is 18.6. The first-order chi connectivity index (χ1) is 15.3. The number of nitrogens with two attached hydrogens (primary N) is 1. The predicted molar refractivity (Wildman–Crippen MR) is 118 cm³/mol. The molecule has 2 aliphatic carbocycles. The lowest BCUT2D eigenvalue weighted by Crippen LogP contribution is -2.35. The van der Waals surface area contributed by atoms with E-state index in [0.717, 1.165) is 32.2 Å². The number of benzene rings is 1. The van der Waals surface area contributed by atoms with Crippen LogP contribution in [0.5, 0.6) is 0 Å². The average Bonchev–Trinajstić information content (AvgIpc) is 3.38. The van der Waals surface area contributed by atoms with Crippen molar-refractivity contribution in [2.45, 2.75) is 51.1 Å². The van der Waals surface area contributed by atoms with Gasteiger partial charge < -0.3 is 20.3 Å². The Morgan fingerprint density at radius 3 is 2.75 bits per heavy atom. The van der Waals surface area contributed by atoms with E-state index >= 15 is 4.39 Å². The second-order valence-electron chi connectivity index (χ2n) is 9.64. The summed E-state index contributed by atoms with van der Waals surface area (Å²) < 4.78 is 17.3. The third kappa shape index (κ3) is 3.18. The van der Waals surface area contributed by atoms with Gasteiger partial charge in [0.2, 0.25) is 5.43 Å². The first-order valence-corrected chi connectivity index (χ1v) is 11.3. The van der Waals surface area contributed by atoms with Gasteiger partial charge in [0.1, 0.15) is 11.4 Å². The van der Waals surface area contributed by atoms with Crippen LogP contribution >= 0.6 is 0 Å². The number of nitrogens with zero attached hydrogens (tertiary/aromatic N) is 3. The number of aromatic nitrogens is 1. The Morgan fingerprint density at radius 1 is 1.34 bits per heavy atom. The maximum Gasteiger partial charge on any atom is 0.341 e. The van der Waals surface area contributed by atoms with Crippen LogP contribution in [0, 0.1) is 41.8 Å². The zero-order valence-corrected chi connectivity index (χ0v) is 18.1. The molecule has 1 aromatic carbocycles. The van der Waals surface area contributed by atoms with Gasteiger partial charge in [-0.3, -0.25) is 4.79 Å². The van der Waals surface area contributed by atoms with Gasteiger partial charge in [0, 0.05) is 36.8 Å². The summed E-state index contributed by atoms with van der Waals surface area (Å²) in [4.78, 5) is 26.5. The highest BCUT2D eigenvalue weighted by Crippen LogP contribution is 2.47. The number of hydrogen-bond donors (Lipinski definition) is 2. The highest BCUT2D eigenvalue weighted by molar-refractivity contribution is 5.95. The molecule has 4 unspecified atom stereocenters. The van der Waals surface area contributed by atoms with Crippen molar-refractivity contribution in [1.29, 1.82) is 5.26 Å². The number of aryl methyl sites for hydroxylation is 1. The van der Waals surface area contributed by atoms with E-state index in [-0.39, 0.29) is 29.0 Å². The largest absolute Gasteiger partial charge is 0.477 e. The highest BCUT2D eigenvalue weighted by atomic mass is 19.1. The molecule has 32 heavy (non-hydrogen) atoms. The van der Waals surface area contributed by atoms with Gasteiger partial charge in [-0.15, -0.1) is 0 Å². The molecule has 1 aliphatic heterocycles. The molecular weight excluding hydrogens is 411 g/mol. The molecule has 7 nitrogen and oxygen atoms in total. The molecule has 0 amide bonds. The van der Waals surface area contributed by atoms with Gasteiger partial charge in [-0.25, -0.2) is 9.18 Å². The van der Waals surface area contributed by atoms with Crippen LogP contribution in [0.25, 0.3) is 10.9 Å². The van der Waals surface area contributed by atoms with Crippen LogP contribution in [0.2, 0.25) is 0 Å². The van der Waals surface area contributed by atoms with E-state index in [9.17, 15) is 14.7 Å². The van der Waals surface area contributed by atoms with Crippen LogP contribution in [-0.2, 0) is 0 Å². The standard InChI is InChI=1S/C24H27FN4O3/c1-12-21-16(23(30)18(24(31)32)11-29(21)14-3-4-14)8-19(25)22(12)28-9-13-2-5-15(17(13)10-28)20(27)6-7-26/h8,11,13-15,17,20H,2-6,9-10,27H2,1H3,(H,31,32). The summed E-state index contributed by atoms with van der Waals surface area (Å²) in [6, 6.07) is 3.37. The number of hydrogen-bond acceptors (Lipinski definition) is 5. The topological polar surface area (TPSA) is 112 Å². The Bertz CT molecular complexity index is 1210. The third-order valence-corrected chi connectivity index (χ3v) is 7.75. The van der Waals surface area contributed by atoms with E-state index in [4.69, 9.17) is 11.0 Å². The number of anilines is 1. The molecule has 0 radical (unpaired) electrons.